The highest BCUT2D eigenvalue weighted by atomic mass is 16.1. The number of nitrogens with zero attached hydrogens (tertiary/aromatic N) is 1. The molecule has 64 valence electrons. The van der Waals surface area contributed by atoms with Crippen molar-refractivity contribution in [1.29, 1.82) is 0 Å². The quantitative estimate of drug-likeness (QED) is 0.729. The minimum atomic E-state index is 0.312. The maximum atomic E-state index is 11.3. The third-order valence-electron chi connectivity index (χ3n) is 2.13. The fourth-order valence-corrected chi connectivity index (χ4v) is 1.30. The zero-order valence-electron chi connectivity index (χ0n) is 6.92. The van der Waals surface area contributed by atoms with Crippen LogP contribution >= 0.6 is 0 Å². The second kappa shape index (κ2) is 3.09. The van der Waals surface area contributed by atoms with E-state index in [1.165, 1.54) is 12.8 Å². The van der Waals surface area contributed by atoms with Gasteiger partial charge in [-0.3, -0.25) is 4.79 Å². The first-order chi connectivity index (χ1) is 5.84. The van der Waals surface area contributed by atoms with Crippen LogP contribution < -0.4 is 0 Å². The van der Waals surface area contributed by atoms with Crippen molar-refractivity contribution in [3.8, 4) is 0 Å². The van der Waals surface area contributed by atoms with Gasteiger partial charge in [-0.25, -0.2) is 4.98 Å². The van der Waals surface area contributed by atoms with Gasteiger partial charge < -0.3 is 4.98 Å². The number of H-pyrrole nitrogens is 1. The van der Waals surface area contributed by atoms with Crippen molar-refractivity contribution in [2.24, 2.45) is 5.92 Å². The molecule has 1 fully saturated rings. The van der Waals surface area contributed by atoms with Crippen molar-refractivity contribution >= 4 is 5.78 Å². The Hall–Kier alpha value is -1.12. The molecular weight excluding hydrogens is 152 g/mol. The summed E-state index contributed by atoms with van der Waals surface area (Å²) >= 11 is 0. The van der Waals surface area contributed by atoms with E-state index in [2.05, 4.69) is 9.97 Å². The lowest BCUT2D eigenvalue weighted by Gasteiger charge is -1.94. The molecule has 1 aromatic heterocycles. The number of imidazole rings is 1. The van der Waals surface area contributed by atoms with Crippen molar-refractivity contribution in [3.63, 3.8) is 0 Å². The lowest BCUT2D eigenvalue weighted by atomic mass is 10.1. The topological polar surface area (TPSA) is 45.8 Å². The van der Waals surface area contributed by atoms with Crippen LogP contribution in [0.1, 0.15) is 25.1 Å². The number of Topliss-reactive ketones (excluding diaryl/α,β-unsaturated/α-hetero) is 1. The molecule has 1 saturated carbocycles. The molecule has 12 heavy (non-hydrogen) atoms. The van der Waals surface area contributed by atoms with Gasteiger partial charge >= 0.3 is 0 Å². The maximum Gasteiger partial charge on any atom is 0.140 e. The van der Waals surface area contributed by atoms with Gasteiger partial charge in [0.2, 0.25) is 0 Å². The highest BCUT2D eigenvalue weighted by Gasteiger charge is 2.24. The van der Waals surface area contributed by atoms with E-state index in [-0.39, 0.29) is 0 Å². The van der Waals surface area contributed by atoms with Crippen LogP contribution in [0.3, 0.4) is 0 Å². The Labute approximate surface area is 71.2 Å². The summed E-state index contributed by atoms with van der Waals surface area (Å²) in [7, 11) is 0. The number of hydrogen-bond acceptors (Lipinski definition) is 2. The molecule has 0 aliphatic heterocycles. The average molecular weight is 164 g/mol. The first kappa shape index (κ1) is 7.53. The summed E-state index contributed by atoms with van der Waals surface area (Å²) in [4.78, 5) is 18.2. The summed E-state index contributed by atoms with van der Waals surface area (Å²) in [5.41, 5.74) is 0. The van der Waals surface area contributed by atoms with Crippen LogP contribution in [-0.4, -0.2) is 15.8 Å². The van der Waals surface area contributed by atoms with E-state index in [0.717, 1.165) is 12.2 Å². The van der Waals surface area contributed by atoms with Crippen LogP contribution in [0.5, 0.6) is 0 Å². The molecule has 0 atom stereocenters. The second-order valence-electron chi connectivity index (χ2n) is 3.40. The van der Waals surface area contributed by atoms with Crippen LogP contribution in [-0.2, 0) is 11.2 Å². The number of ketones is 1. The lowest BCUT2D eigenvalue weighted by molar-refractivity contribution is -0.118. The smallest absolute Gasteiger partial charge is 0.140 e. The van der Waals surface area contributed by atoms with Gasteiger partial charge in [-0.1, -0.05) is 0 Å². The molecule has 0 spiro atoms. The van der Waals surface area contributed by atoms with Crippen molar-refractivity contribution in [2.45, 2.75) is 25.7 Å². The monoisotopic (exact) mass is 164 g/mol. The number of aromatic amines is 1. The van der Waals surface area contributed by atoms with E-state index in [4.69, 9.17) is 0 Å². The number of nitrogens with one attached hydrogen (secondary N) is 1. The number of carbonyl (C=O) groups is 1. The zero-order chi connectivity index (χ0) is 8.39. The SMILES string of the molecule is O=C(Cc1ncc[nH]1)CC1CC1. The molecule has 1 heterocycles. The maximum absolute atomic E-state index is 11.3. The molecule has 1 aromatic rings. The molecule has 1 N–H and O–H groups in total. The summed E-state index contributed by atoms with van der Waals surface area (Å²) in [6.45, 7) is 0. The third-order valence-corrected chi connectivity index (χ3v) is 2.13. The van der Waals surface area contributed by atoms with Crippen molar-refractivity contribution in [3.05, 3.63) is 18.2 Å². The van der Waals surface area contributed by atoms with Gasteiger partial charge in [-0.15, -0.1) is 0 Å². The first-order valence-electron chi connectivity index (χ1n) is 4.34. The molecule has 0 unspecified atom stereocenters. The molecule has 3 nitrogen and oxygen atoms in total. The van der Waals surface area contributed by atoms with E-state index < -0.39 is 0 Å². The van der Waals surface area contributed by atoms with Gasteiger partial charge in [-0.2, -0.15) is 0 Å². The standard InChI is InChI=1S/C9H12N2O/c12-8(5-7-1-2-7)6-9-10-3-4-11-9/h3-4,7H,1-2,5-6H2,(H,10,11). The number of hydrogen-bond donors (Lipinski definition) is 1. The highest BCUT2D eigenvalue weighted by molar-refractivity contribution is 5.80. The predicted octanol–water partition coefficient (Wildman–Crippen LogP) is 1.32. The predicted molar refractivity (Wildman–Crippen MR) is 44.6 cm³/mol. The van der Waals surface area contributed by atoms with E-state index in [0.29, 0.717) is 18.1 Å². The molecule has 0 aromatic carbocycles. The molecule has 3 heteroatoms. The Morgan fingerprint density at radius 2 is 2.50 bits per heavy atom. The summed E-state index contributed by atoms with van der Waals surface area (Å²) in [6, 6.07) is 0. The minimum absolute atomic E-state index is 0.312. The van der Waals surface area contributed by atoms with Crippen LogP contribution in [0.25, 0.3) is 0 Å². The number of carbonyl (C=O) groups excluding carboxylic acids is 1. The Bertz CT molecular complexity index is 262. The molecule has 1 aliphatic rings. The van der Waals surface area contributed by atoms with Gasteiger partial charge in [0.05, 0.1) is 6.42 Å². The molecule has 0 saturated heterocycles. The Kier molecular flexibility index (Phi) is 1.94. The number of rotatable bonds is 4. The fourth-order valence-electron chi connectivity index (χ4n) is 1.30. The van der Waals surface area contributed by atoms with Gasteiger partial charge in [0.25, 0.3) is 0 Å². The zero-order valence-corrected chi connectivity index (χ0v) is 6.92. The average Bonchev–Trinajstić information content (AvgIpc) is 2.66. The molecule has 1 aliphatic carbocycles. The van der Waals surface area contributed by atoms with Gasteiger partial charge in [0.1, 0.15) is 11.6 Å². The summed E-state index contributed by atoms with van der Waals surface area (Å²) in [5.74, 6) is 1.79. The van der Waals surface area contributed by atoms with Gasteiger partial charge in [0, 0.05) is 18.8 Å². The molecule has 2 rings (SSSR count). The minimum Gasteiger partial charge on any atom is -0.348 e. The lowest BCUT2D eigenvalue weighted by Crippen LogP contribution is -2.04. The molecular formula is C9H12N2O. The summed E-state index contributed by atoms with van der Waals surface area (Å²) in [5, 5.41) is 0. The summed E-state index contributed by atoms with van der Waals surface area (Å²) in [6.07, 6.45) is 7.14. The van der Waals surface area contributed by atoms with Crippen molar-refractivity contribution in [1.82, 2.24) is 9.97 Å². The molecule has 0 amide bonds. The Morgan fingerprint density at radius 3 is 3.08 bits per heavy atom. The second-order valence-corrected chi connectivity index (χ2v) is 3.40. The molecule has 0 radical (unpaired) electrons. The van der Waals surface area contributed by atoms with Crippen LogP contribution in [0.2, 0.25) is 0 Å². The van der Waals surface area contributed by atoms with Crippen LogP contribution in [0.4, 0.5) is 0 Å². The van der Waals surface area contributed by atoms with E-state index in [9.17, 15) is 4.79 Å². The summed E-state index contributed by atoms with van der Waals surface area (Å²) < 4.78 is 0. The van der Waals surface area contributed by atoms with E-state index in [1.807, 2.05) is 0 Å². The fraction of sp³-hybridized carbons (Fsp3) is 0.556. The highest BCUT2D eigenvalue weighted by Crippen LogP contribution is 2.32. The number of aromatic nitrogens is 2. The largest absolute Gasteiger partial charge is 0.348 e. The van der Waals surface area contributed by atoms with E-state index >= 15 is 0 Å². The van der Waals surface area contributed by atoms with Crippen LogP contribution in [0, 0.1) is 5.92 Å². The van der Waals surface area contributed by atoms with Crippen LogP contribution in [0.15, 0.2) is 12.4 Å². The van der Waals surface area contributed by atoms with E-state index in [1.54, 1.807) is 12.4 Å². The van der Waals surface area contributed by atoms with Gasteiger partial charge in [0.15, 0.2) is 0 Å². The normalized spacial score (nSPS) is 16.3. The molecule has 0 bridgehead atoms. The Morgan fingerprint density at radius 1 is 1.67 bits per heavy atom. The first-order valence-corrected chi connectivity index (χ1v) is 4.34. The van der Waals surface area contributed by atoms with Crippen molar-refractivity contribution < 1.29 is 4.79 Å². The Balaban J connectivity index is 1.82. The van der Waals surface area contributed by atoms with Gasteiger partial charge in [-0.05, 0) is 18.8 Å². The third kappa shape index (κ3) is 1.94. The van der Waals surface area contributed by atoms with Crippen molar-refractivity contribution in [2.75, 3.05) is 0 Å².